The molecule has 90 valence electrons. The van der Waals surface area contributed by atoms with Crippen LogP contribution >= 0.6 is 11.3 Å². The van der Waals surface area contributed by atoms with E-state index in [2.05, 4.69) is 17.2 Å². The van der Waals surface area contributed by atoms with Gasteiger partial charge in [-0.1, -0.05) is 11.8 Å². The van der Waals surface area contributed by atoms with E-state index in [1.54, 1.807) is 11.3 Å². The van der Waals surface area contributed by atoms with Gasteiger partial charge in [0.2, 0.25) is 5.91 Å². The average molecular weight is 249 g/mol. The number of nitrogens with one attached hydrogen (secondary N) is 1. The molecule has 0 aromatic carbocycles. The number of carbonyl (C=O) groups is 1. The highest BCUT2D eigenvalue weighted by Crippen LogP contribution is 2.32. The van der Waals surface area contributed by atoms with Gasteiger partial charge in [0.05, 0.1) is 6.54 Å². The minimum absolute atomic E-state index is 0.122. The normalized spacial score (nSPS) is 13.9. The predicted octanol–water partition coefficient (Wildman–Crippen LogP) is 1.51. The lowest BCUT2D eigenvalue weighted by atomic mass is 10.2. The number of aliphatic hydroxyl groups excluding tert-OH is 1. The maximum absolute atomic E-state index is 11.5. The minimum atomic E-state index is -0.122. The summed E-state index contributed by atoms with van der Waals surface area (Å²) in [6, 6.07) is 1.95. The van der Waals surface area contributed by atoms with E-state index in [0.717, 1.165) is 10.4 Å². The van der Waals surface area contributed by atoms with Gasteiger partial charge >= 0.3 is 0 Å². The Morgan fingerprint density at radius 3 is 3.12 bits per heavy atom. The lowest BCUT2D eigenvalue weighted by Crippen LogP contribution is -2.22. The van der Waals surface area contributed by atoms with E-state index < -0.39 is 0 Å². The molecule has 1 aromatic heterocycles. The van der Waals surface area contributed by atoms with Crippen molar-refractivity contribution in [1.29, 1.82) is 0 Å². The van der Waals surface area contributed by atoms with Gasteiger partial charge in [-0.15, -0.1) is 11.3 Å². The van der Waals surface area contributed by atoms with Crippen molar-refractivity contribution in [3.63, 3.8) is 0 Å². The monoisotopic (exact) mass is 249 g/mol. The van der Waals surface area contributed by atoms with Crippen LogP contribution in [0, 0.1) is 17.8 Å². The van der Waals surface area contributed by atoms with Crippen molar-refractivity contribution in [2.45, 2.75) is 25.8 Å². The molecule has 1 saturated carbocycles. The van der Waals surface area contributed by atoms with Gasteiger partial charge in [-0.2, -0.15) is 0 Å². The Hall–Kier alpha value is -1.31. The quantitative estimate of drug-likeness (QED) is 0.795. The zero-order valence-corrected chi connectivity index (χ0v) is 10.3. The molecule has 1 aromatic rings. The standard InChI is InChI=1S/C13H15NO2S/c15-5-1-2-11-6-12(17-9-11)8-14-13(16)7-10-3-4-10/h6,9-10,15H,3-5,7-8H2,(H,14,16). The first kappa shape index (κ1) is 12.2. The third-order valence-corrected chi connectivity index (χ3v) is 3.53. The van der Waals surface area contributed by atoms with Crippen LogP contribution in [-0.4, -0.2) is 17.6 Å². The summed E-state index contributed by atoms with van der Waals surface area (Å²) in [6.45, 7) is 0.459. The Bertz CT molecular complexity index is 451. The zero-order chi connectivity index (χ0) is 12.1. The summed E-state index contributed by atoms with van der Waals surface area (Å²) in [6.07, 6.45) is 3.07. The first-order chi connectivity index (χ1) is 8.28. The highest BCUT2D eigenvalue weighted by atomic mass is 32.1. The molecule has 0 radical (unpaired) electrons. The molecule has 0 saturated heterocycles. The molecule has 4 heteroatoms. The first-order valence-corrected chi connectivity index (χ1v) is 6.59. The number of amides is 1. The molecule has 0 aliphatic heterocycles. The van der Waals surface area contributed by atoms with E-state index in [4.69, 9.17) is 5.11 Å². The van der Waals surface area contributed by atoms with Crippen LogP contribution in [0.1, 0.15) is 29.7 Å². The van der Waals surface area contributed by atoms with Gasteiger partial charge in [0.1, 0.15) is 6.61 Å². The van der Waals surface area contributed by atoms with Crippen LogP contribution in [0.5, 0.6) is 0 Å². The number of hydrogen-bond acceptors (Lipinski definition) is 3. The highest BCUT2D eigenvalue weighted by molar-refractivity contribution is 7.10. The molecule has 0 atom stereocenters. The Balaban J connectivity index is 1.77. The van der Waals surface area contributed by atoms with Crippen molar-refractivity contribution in [3.8, 4) is 11.8 Å². The molecule has 2 rings (SSSR count). The molecule has 2 N–H and O–H groups in total. The molecule has 0 unspecified atom stereocenters. The fourth-order valence-electron chi connectivity index (χ4n) is 1.52. The maximum Gasteiger partial charge on any atom is 0.220 e. The van der Waals surface area contributed by atoms with Gasteiger partial charge in [0, 0.05) is 22.2 Å². The molecular weight excluding hydrogens is 234 g/mol. The van der Waals surface area contributed by atoms with E-state index in [0.29, 0.717) is 18.9 Å². The van der Waals surface area contributed by atoms with Crippen molar-refractivity contribution in [1.82, 2.24) is 5.32 Å². The highest BCUT2D eigenvalue weighted by Gasteiger charge is 2.24. The molecule has 17 heavy (non-hydrogen) atoms. The van der Waals surface area contributed by atoms with E-state index in [9.17, 15) is 4.79 Å². The largest absolute Gasteiger partial charge is 0.384 e. The predicted molar refractivity (Wildman–Crippen MR) is 67.5 cm³/mol. The average Bonchev–Trinajstić information content (AvgIpc) is 3.01. The van der Waals surface area contributed by atoms with Crippen molar-refractivity contribution in [3.05, 3.63) is 21.9 Å². The fourth-order valence-corrected chi connectivity index (χ4v) is 2.28. The van der Waals surface area contributed by atoms with E-state index in [-0.39, 0.29) is 12.5 Å². The summed E-state index contributed by atoms with van der Waals surface area (Å²) < 4.78 is 0. The third kappa shape index (κ3) is 4.22. The van der Waals surface area contributed by atoms with Gasteiger partial charge < -0.3 is 10.4 Å². The zero-order valence-electron chi connectivity index (χ0n) is 9.53. The van der Waals surface area contributed by atoms with Crippen molar-refractivity contribution < 1.29 is 9.90 Å². The molecule has 0 bridgehead atoms. The first-order valence-electron chi connectivity index (χ1n) is 5.72. The molecule has 1 aliphatic carbocycles. The van der Waals surface area contributed by atoms with E-state index in [1.165, 1.54) is 12.8 Å². The molecule has 0 spiro atoms. The van der Waals surface area contributed by atoms with Gasteiger partial charge in [0.15, 0.2) is 0 Å². The van der Waals surface area contributed by atoms with Crippen LogP contribution in [0.25, 0.3) is 0 Å². The number of rotatable bonds is 4. The van der Waals surface area contributed by atoms with Crippen LogP contribution in [0.4, 0.5) is 0 Å². The third-order valence-electron chi connectivity index (χ3n) is 2.60. The number of hydrogen-bond donors (Lipinski definition) is 2. The Labute approximate surface area is 105 Å². The lowest BCUT2D eigenvalue weighted by Gasteiger charge is -2.01. The summed E-state index contributed by atoms with van der Waals surface area (Å²) in [5.41, 5.74) is 0.899. The fraction of sp³-hybridized carbons (Fsp3) is 0.462. The van der Waals surface area contributed by atoms with Gasteiger partial charge in [-0.25, -0.2) is 0 Å². The molecule has 1 aliphatic rings. The van der Waals surface area contributed by atoms with E-state index in [1.807, 2.05) is 11.4 Å². The summed E-state index contributed by atoms with van der Waals surface area (Å²) >= 11 is 1.58. The molecule has 1 amide bonds. The van der Waals surface area contributed by atoms with Gasteiger partial charge in [-0.3, -0.25) is 4.79 Å². The Kier molecular flexibility index (Phi) is 4.18. The Morgan fingerprint density at radius 2 is 2.41 bits per heavy atom. The van der Waals surface area contributed by atoms with Crippen molar-refractivity contribution in [2.24, 2.45) is 5.92 Å². The number of thiophene rings is 1. The van der Waals surface area contributed by atoms with Crippen LogP contribution in [-0.2, 0) is 11.3 Å². The number of aliphatic hydroxyl groups is 1. The topological polar surface area (TPSA) is 49.3 Å². The Morgan fingerprint density at radius 1 is 1.59 bits per heavy atom. The minimum Gasteiger partial charge on any atom is -0.384 e. The molecule has 3 nitrogen and oxygen atoms in total. The van der Waals surface area contributed by atoms with Crippen LogP contribution in [0.2, 0.25) is 0 Å². The van der Waals surface area contributed by atoms with Gasteiger partial charge in [0.25, 0.3) is 0 Å². The maximum atomic E-state index is 11.5. The second-order valence-corrected chi connectivity index (χ2v) is 5.18. The summed E-state index contributed by atoms with van der Waals surface area (Å²) in [4.78, 5) is 12.6. The summed E-state index contributed by atoms with van der Waals surface area (Å²) in [7, 11) is 0. The molecule has 1 heterocycles. The van der Waals surface area contributed by atoms with Crippen molar-refractivity contribution >= 4 is 17.2 Å². The van der Waals surface area contributed by atoms with Crippen LogP contribution in [0.3, 0.4) is 0 Å². The summed E-state index contributed by atoms with van der Waals surface area (Å²) in [5, 5.41) is 13.4. The SMILES string of the molecule is O=C(CC1CC1)NCc1cc(C#CCO)cs1. The number of carbonyl (C=O) groups excluding carboxylic acids is 1. The summed E-state index contributed by atoms with van der Waals surface area (Å²) in [5.74, 6) is 6.22. The van der Waals surface area contributed by atoms with Crippen LogP contribution in [0.15, 0.2) is 11.4 Å². The second kappa shape index (κ2) is 5.85. The second-order valence-electron chi connectivity index (χ2n) is 4.19. The van der Waals surface area contributed by atoms with Gasteiger partial charge in [-0.05, 0) is 24.8 Å². The lowest BCUT2D eigenvalue weighted by molar-refractivity contribution is -0.121. The van der Waals surface area contributed by atoms with Crippen molar-refractivity contribution in [2.75, 3.05) is 6.61 Å². The molecular formula is C13H15NO2S. The smallest absolute Gasteiger partial charge is 0.220 e. The van der Waals surface area contributed by atoms with E-state index >= 15 is 0 Å². The van der Waals surface area contributed by atoms with Crippen LogP contribution < -0.4 is 5.32 Å². The molecule has 1 fully saturated rings.